The van der Waals surface area contributed by atoms with E-state index < -0.39 is 0 Å². The Kier molecular flexibility index (Phi) is 6.40. The molecule has 2 N–H and O–H groups in total. The Morgan fingerprint density at radius 2 is 1.75 bits per heavy atom. The number of methoxy groups -OCH3 is 2. The first-order valence-electron chi connectivity index (χ1n) is 10.4. The van der Waals surface area contributed by atoms with Gasteiger partial charge < -0.3 is 19.8 Å². The number of benzene rings is 3. The van der Waals surface area contributed by atoms with Crippen LogP contribution >= 0.6 is 0 Å². The predicted octanol–water partition coefficient (Wildman–Crippen LogP) is 5.16. The lowest BCUT2D eigenvalue weighted by molar-refractivity contribution is -0.121. The number of hydrogen-bond acceptors (Lipinski definition) is 3. The number of ether oxygens (including phenoxy) is 2. The lowest BCUT2D eigenvalue weighted by Gasteiger charge is -2.21. The van der Waals surface area contributed by atoms with Crippen molar-refractivity contribution in [2.24, 2.45) is 0 Å². The van der Waals surface area contributed by atoms with Crippen LogP contribution in [0.25, 0.3) is 10.9 Å². The average molecular weight is 432 g/mol. The molecule has 0 unspecified atom stereocenters. The van der Waals surface area contributed by atoms with E-state index in [-0.39, 0.29) is 24.1 Å². The van der Waals surface area contributed by atoms with Gasteiger partial charge in [-0.3, -0.25) is 4.79 Å². The number of aromatic amines is 1. The monoisotopic (exact) mass is 432 g/mol. The van der Waals surface area contributed by atoms with E-state index in [4.69, 9.17) is 9.47 Å². The van der Waals surface area contributed by atoms with E-state index in [0.29, 0.717) is 18.0 Å². The SMILES string of the molecule is COc1cccc([C@@H](CC(=O)NCc2ccc(F)cc2)c2c[nH]c3ccccc23)c1OC. The number of aromatic nitrogens is 1. The Labute approximate surface area is 186 Å². The molecule has 164 valence electrons. The van der Waals surface area contributed by atoms with Crippen molar-refractivity contribution in [3.8, 4) is 11.5 Å². The largest absolute Gasteiger partial charge is 0.493 e. The number of rotatable bonds is 8. The second-order valence-corrected chi connectivity index (χ2v) is 7.53. The maximum Gasteiger partial charge on any atom is 0.221 e. The Balaban J connectivity index is 1.67. The van der Waals surface area contributed by atoms with Crippen molar-refractivity contribution in [3.63, 3.8) is 0 Å². The molecule has 5 nitrogen and oxygen atoms in total. The fourth-order valence-corrected chi connectivity index (χ4v) is 4.02. The molecule has 0 radical (unpaired) electrons. The number of carbonyl (C=O) groups excluding carboxylic acids is 1. The highest BCUT2D eigenvalue weighted by molar-refractivity contribution is 5.86. The van der Waals surface area contributed by atoms with Crippen LogP contribution < -0.4 is 14.8 Å². The average Bonchev–Trinajstić information content (AvgIpc) is 3.25. The molecule has 4 rings (SSSR count). The van der Waals surface area contributed by atoms with E-state index in [2.05, 4.69) is 10.3 Å². The van der Waals surface area contributed by atoms with Crippen molar-refractivity contribution >= 4 is 16.8 Å². The van der Waals surface area contributed by atoms with Crippen LogP contribution in [0.15, 0.2) is 72.9 Å². The first-order chi connectivity index (χ1) is 15.6. The molecule has 4 aromatic rings. The number of carbonyl (C=O) groups is 1. The highest BCUT2D eigenvalue weighted by Gasteiger charge is 2.26. The van der Waals surface area contributed by atoms with Gasteiger partial charge in [-0.05, 0) is 35.4 Å². The maximum absolute atomic E-state index is 13.2. The highest BCUT2D eigenvalue weighted by Crippen LogP contribution is 2.41. The van der Waals surface area contributed by atoms with E-state index in [1.165, 1.54) is 12.1 Å². The van der Waals surface area contributed by atoms with Crippen LogP contribution in [-0.2, 0) is 11.3 Å². The van der Waals surface area contributed by atoms with Gasteiger partial charge in [0.2, 0.25) is 5.91 Å². The van der Waals surface area contributed by atoms with Gasteiger partial charge in [0.15, 0.2) is 11.5 Å². The molecule has 0 aliphatic carbocycles. The van der Waals surface area contributed by atoms with Crippen LogP contribution in [-0.4, -0.2) is 25.1 Å². The van der Waals surface area contributed by atoms with Crippen molar-refractivity contribution in [1.29, 1.82) is 0 Å². The quantitative estimate of drug-likeness (QED) is 0.404. The van der Waals surface area contributed by atoms with Gasteiger partial charge in [0.25, 0.3) is 0 Å². The van der Waals surface area contributed by atoms with Crippen molar-refractivity contribution < 1.29 is 18.7 Å². The molecule has 0 aliphatic rings. The van der Waals surface area contributed by atoms with Crippen LogP contribution in [0, 0.1) is 5.82 Å². The Hall–Kier alpha value is -3.80. The molecule has 0 fully saturated rings. The van der Waals surface area contributed by atoms with Crippen LogP contribution in [0.3, 0.4) is 0 Å². The van der Waals surface area contributed by atoms with Gasteiger partial charge >= 0.3 is 0 Å². The topological polar surface area (TPSA) is 63.3 Å². The molecule has 1 atom stereocenters. The van der Waals surface area contributed by atoms with Gasteiger partial charge in [-0.1, -0.05) is 42.5 Å². The van der Waals surface area contributed by atoms with Gasteiger partial charge in [0, 0.05) is 41.5 Å². The molecular weight excluding hydrogens is 407 g/mol. The molecule has 3 aromatic carbocycles. The van der Waals surface area contributed by atoms with Gasteiger partial charge in [0.1, 0.15) is 5.82 Å². The Morgan fingerprint density at radius 1 is 0.969 bits per heavy atom. The Bertz CT molecular complexity index is 1220. The molecule has 0 saturated carbocycles. The van der Waals surface area contributed by atoms with E-state index in [9.17, 15) is 9.18 Å². The second-order valence-electron chi connectivity index (χ2n) is 7.53. The first kappa shape index (κ1) is 21.4. The maximum atomic E-state index is 13.2. The third kappa shape index (κ3) is 4.44. The summed E-state index contributed by atoms with van der Waals surface area (Å²) < 4.78 is 24.3. The zero-order chi connectivity index (χ0) is 22.5. The van der Waals surface area contributed by atoms with E-state index in [1.807, 2.05) is 48.7 Å². The number of fused-ring (bicyclic) bond motifs is 1. The van der Waals surface area contributed by atoms with Crippen LogP contribution in [0.1, 0.15) is 29.0 Å². The van der Waals surface area contributed by atoms with Gasteiger partial charge in [-0.2, -0.15) is 0 Å². The molecule has 0 bridgehead atoms. The van der Waals surface area contributed by atoms with E-state index in [0.717, 1.165) is 27.6 Å². The highest BCUT2D eigenvalue weighted by atomic mass is 19.1. The molecule has 1 amide bonds. The first-order valence-corrected chi connectivity index (χ1v) is 10.4. The smallest absolute Gasteiger partial charge is 0.221 e. The number of nitrogens with one attached hydrogen (secondary N) is 2. The summed E-state index contributed by atoms with van der Waals surface area (Å²) in [7, 11) is 3.19. The minimum absolute atomic E-state index is 0.116. The molecule has 6 heteroatoms. The fourth-order valence-electron chi connectivity index (χ4n) is 4.02. The van der Waals surface area contributed by atoms with Crippen molar-refractivity contribution in [2.75, 3.05) is 14.2 Å². The third-order valence-electron chi connectivity index (χ3n) is 5.60. The number of amides is 1. The minimum atomic E-state index is -0.301. The van der Waals surface area contributed by atoms with Crippen LogP contribution in [0.4, 0.5) is 4.39 Å². The lowest BCUT2D eigenvalue weighted by atomic mass is 9.87. The number of H-pyrrole nitrogens is 1. The standard InChI is InChI=1S/C26H25FN2O3/c1-31-24-9-5-7-20(26(24)32-2)21(22-16-28-23-8-4-3-6-19(22)23)14-25(30)29-15-17-10-12-18(27)13-11-17/h3-13,16,21,28H,14-15H2,1-2H3,(H,29,30)/t21-/m1/s1. The van der Waals surface area contributed by atoms with E-state index in [1.54, 1.807) is 26.4 Å². The molecular formula is C26H25FN2O3. The van der Waals surface area contributed by atoms with Crippen molar-refractivity contribution in [3.05, 3.63) is 95.4 Å². The normalized spacial score (nSPS) is 11.8. The summed E-state index contributed by atoms with van der Waals surface area (Å²) in [5, 5.41) is 4.00. The minimum Gasteiger partial charge on any atom is -0.493 e. The summed E-state index contributed by atoms with van der Waals surface area (Å²) in [6, 6.07) is 19.8. The van der Waals surface area contributed by atoms with Gasteiger partial charge in [0.05, 0.1) is 14.2 Å². The Morgan fingerprint density at radius 3 is 2.50 bits per heavy atom. The number of halogens is 1. The summed E-state index contributed by atoms with van der Waals surface area (Å²) in [6.07, 6.45) is 2.16. The summed E-state index contributed by atoms with van der Waals surface area (Å²) in [5.41, 5.74) is 3.71. The molecule has 32 heavy (non-hydrogen) atoms. The second kappa shape index (κ2) is 9.56. The lowest BCUT2D eigenvalue weighted by Crippen LogP contribution is -2.25. The summed E-state index contributed by atoms with van der Waals surface area (Å²) in [5.74, 6) is 0.543. The zero-order valence-electron chi connectivity index (χ0n) is 18.0. The molecule has 1 aromatic heterocycles. The van der Waals surface area contributed by atoms with Crippen LogP contribution in [0.2, 0.25) is 0 Å². The summed E-state index contributed by atoms with van der Waals surface area (Å²) in [6.45, 7) is 0.328. The van der Waals surface area contributed by atoms with Gasteiger partial charge in [-0.25, -0.2) is 4.39 Å². The number of hydrogen-bond donors (Lipinski definition) is 2. The van der Waals surface area contributed by atoms with Crippen molar-refractivity contribution in [2.45, 2.75) is 18.9 Å². The molecule has 1 heterocycles. The summed E-state index contributed by atoms with van der Waals surface area (Å²) >= 11 is 0. The summed E-state index contributed by atoms with van der Waals surface area (Å²) in [4.78, 5) is 16.3. The van der Waals surface area contributed by atoms with Gasteiger partial charge in [-0.15, -0.1) is 0 Å². The molecule has 0 saturated heterocycles. The zero-order valence-corrected chi connectivity index (χ0v) is 18.0. The fraction of sp³-hybridized carbons (Fsp3) is 0.192. The third-order valence-corrected chi connectivity index (χ3v) is 5.60. The van der Waals surface area contributed by atoms with E-state index >= 15 is 0 Å². The number of para-hydroxylation sites is 2. The van der Waals surface area contributed by atoms with Crippen molar-refractivity contribution in [1.82, 2.24) is 10.3 Å². The predicted molar refractivity (Wildman–Crippen MR) is 123 cm³/mol. The molecule has 0 aliphatic heterocycles. The molecule has 0 spiro atoms. The van der Waals surface area contributed by atoms with Crippen LogP contribution in [0.5, 0.6) is 11.5 Å².